The van der Waals surface area contributed by atoms with Crippen LogP contribution in [0.4, 0.5) is 0 Å². The molecule has 3 aromatic rings. The Morgan fingerprint density at radius 2 is 1.00 bits per heavy atom. The van der Waals surface area contributed by atoms with Crippen molar-refractivity contribution in [2.45, 2.75) is 0 Å². The van der Waals surface area contributed by atoms with Gasteiger partial charge in [0.25, 0.3) is 0 Å². The van der Waals surface area contributed by atoms with Gasteiger partial charge in [0.05, 0.1) is 0 Å². The lowest BCUT2D eigenvalue weighted by molar-refractivity contribution is 0.104. The van der Waals surface area contributed by atoms with E-state index in [9.17, 15) is 30.0 Å². The minimum Gasteiger partial charge on any atom is -0.504 e. The molecule has 0 unspecified atom stereocenters. The van der Waals surface area contributed by atoms with Crippen molar-refractivity contribution in [3.63, 3.8) is 0 Å². The van der Waals surface area contributed by atoms with Crippen LogP contribution in [-0.2, 0) is 0 Å². The molecule has 6 nitrogen and oxygen atoms in total. The molecule has 150 valence electrons. The van der Waals surface area contributed by atoms with Crippen LogP contribution in [0.5, 0.6) is 23.0 Å². The molecule has 0 aliphatic heterocycles. The summed E-state index contributed by atoms with van der Waals surface area (Å²) in [6.45, 7) is 0. The molecule has 0 radical (unpaired) electrons. The van der Waals surface area contributed by atoms with Crippen molar-refractivity contribution in [3.8, 4) is 23.0 Å². The van der Waals surface area contributed by atoms with Crippen molar-refractivity contribution in [1.29, 1.82) is 0 Å². The van der Waals surface area contributed by atoms with Gasteiger partial charge in [-0.1, -0.05) is 42.5 Å². The number of phenols is 4. The molecule has 0 amide bonds. The molecule has 6 heteroatoms. The normalized spacial score (nSPS) is 11.2. The molecule has 4 N–H and O–H groups in total. The van der Waals surface area contributed by atoms with E-state index < -0.39 is 0 Å². The largest absolute Gasteiger partial charge is 0.504 e. The number of hydrogen-bond donors (Lipinski definition) is 4. The second-order valence-electron chi connectivity index (χ2n) is 6.47. The maximum absolute atomic E-state index is 12.4. The van der Waals surface area contributed by atoms with Crippen molar-refractivity contribution >= 4 is 23.7 Å². The van der Waals surface area contributed by atoms with Crippen LogP contribution < -0.4 is 0 Å². The summed E-state index contributed by atoms with van der Waals surface area (Å²) in [5, 5.41) is 37.6. The minimum atomic E-state index is -0.329. The summed E-state index contributed by atoms with van der Waals surface area (Å²) in [6, 6.07) is 14.6. The molecule has 0 saturated carbocycles. The topological polar surface area (TPSA) is 115 Å². The van der Waals surface area contributed by atoms with Gasteiger partial charge in [0, 0.05) is 11.1 Å². The Morgan fingerprint density at radius 3 is 1.40 bits per heavy atom. The smallest absolute Gasteiger partial charge is 0.185 e. The highest BCUT2D eigenvalue weighted by Crippen LogP contribution is 2.26. The second kappa shape index (κ2) is 8.79. The number of allylic oxidation sites excluding steroid dienone is 2. The predicted molar refractivity (Wildman–Crippen MR) is 113 cm³/mol. The van der Waals surface area contributed by atoms with Gasteiger partial charge < -0.3 is 20.4 Å². The van der Waals surface area contributed by atoms with Gasteiger partial charge in [-0.15, -0.1) is 0 Å². The summed E-state index contributed by atoms with van der Waals surface area (Å²) in [5.74, 6) is -1.73. The number of benzene rings is 3. The lowest BCUT2D eigenvalue weighted by atomic mass is 10.0. The molecule has 30 heavy (non-hydrogen) atoms. The summed E-state index contributed by atoms with van der Waals surface area (Å²) >= 11 is 0. The number of rotatable bonds is 6. The molecular formula is C24H18O6. The van der Waals surface area contributed by atoms with Crippen molar-refractivity contribution in [2.75, 3.05) is 0 Å². The van der Waals surface area contributed by atoms with Crippen LogP contribution in [0, 0.1) is 0 Å². The Labute approximate surface area is 172 Å². The van der Waals surface area contributed by atoms with Gasteiger partial charge in [-0.3, -0.25) is 9.59 Å². The molecule has 3 rings (SSSR count). The number of carbonyl (C=O) groups is 2. The Morgan fingerprint density at radius 1 is 0.567 bits per heavy atom. The lowest BCUT2D eigenvalue weighted by Gasteiger charge is -2.01. The van der Waals surface area contributed by atoms with Crippen LogP contribution in [0.1, 0.15) is 31.8 Å². The third-order valence-corrected chi connectivity index (χ3v) is 4.28. The van der Waals surface area contributed by atoms with Crippen LogP contribution in [0.2, 0.25) is 0 Å². The number of carbonyl (C=O) groups excluding carboxylic acids is 2. The number of phenolic OH excluding ortho intramolecular Hbond substituents is 4. The molecule has 0 aliphatic carbocycles. The highest BCUT2D eigenvalue weighted by Gasteiger charge is 2.08. The zero-order valence-electron chi connectivity index (χ0n) is 15.7. The van der Waals surface area contributed by atoms with Crippen molar-refractivity contribution in [1.82, 2.24) is 0 Å². The molecule has 0 heterocycles. The number of hydrogen-bond acceptors (Lipinski definition) is 6. The standard InChI is InChI=1S/C24H18O6/c25-19(8-4-15-6-10-21(27)23(29)12-15)17-2-1-3-18(14-17)20(26)9-5-16-7-11-22(28)24(30)13-16/h1-14,27-30H/b8-4+,9-5+. The van der Waals surface area contributed by atoms with E-state index in [1.54, 1.807) is 30.3 Å². The van der Waals surface area contributed by atoms with E-state index in [2.05, 4.69) is 0 Å². The Balaban J connectivity index is 1.74. The van der Waals surface area contributed by atoms with Crippen LogP contribution in [0.3, 0.4) is 0 Å². The van der Waals surface area contributed by atoms with E-state index in [1.807, 2.05) is 0 Å². The summed E-state index contributed by atoms with van der Waals surface area (Å²) in [4.78, 5) is 24.8. The molecular weight excluding hydrogens is 384 g/mol. The van der Waals surface area contributed by atoms with Crippen molar-refractivity contribution in [3.05, 3.63) is 95.1 Å². The molecule has 0 aromatic heterocycles. The predicted octanol–water partition coefficient (Wildman–Crippen LogP) is 4.30. The van der Waals surface area contributed by atoms with Crippen molar-refractivity contribution < 1.29 is 30.0 Å². The molecule has 0 fully saturated rings. The van der Waals surface area contributed by atoms with Gasteiger partial charge in [0.15, 0.2) is 34.6 Å². The second-order valence-corrected chi connectivity index (χ2v) is 6.47. The summed E-state index contributed by atoms with van der Waals surface area (Å²) in [5.41, 5.74) is 1.70. The van der Waals surface area contributed by atoms with Crippen LogP contribution in [-0.4, -0.2) is 32.0 Å². The Kier molecular flexibility index (Phi) is 5.98. The van der Waals surface area contributed by atoms with E-state index in [0.717, 1.165) is 0 Å². The van der Waals surface area contributed by atoms with Gasteiger partial charge in [-0.05, 0) is 53.6 Å². The van der Waals surface area contributed by atoms with Gasteiger partial charge in [0.1, 0.15) is 0 Å². The fraction of sp³-hybridized carbons (Fsp3) is 0. The maximum Gasteiger partial charge on any atom is 0.185 e. The van der Waals surface area contributed by atoms with E-state index in [-0.39, 0.29) is 34.6 Å². The van der Waals surface area contributed by atoms with E-state index >= 15 is 0 Å². The highest BCUT2D eigenvalue weighted by atomic mass is 16.3. The molecule has 0 saturated heterocycles. The SMILES string of the molecule is O=C(/C=C/c1ccc(O)c(O)c1)c1cccc(C(=O)/C=C/c2ccc(O)c(O)c2)c1. The first kappa shape index (κ1) is 20.4. The summed E-state index contributed by atoms with van der Waals surface area (Å²) < 4.78 is 0. The van der Waals surface area contributed by atoms with Crippen LogP contribution in [0.15, 0.2) is 72.8 Å². The first-order valence-corrected chi connectivity index (χ1v) is 8.92. The first-order chi connectivity index (χ1) is 14.3. The van der Waals surface area contributed by atoms with Crippen molar-refractivity contribution in [2.24, 2.45) is 0 Å². The van der Waals surface area contributed by atoms with Crippen LogP contribution >= 0.6 is 0 Å². The first-order valence-electron chi connectivity index (χ1n) is 8.92. The van der Waals surface area contributed by atoms with Crippen LogP contribution in [0.25, 0.3) is 12.2 Å². The zero-order valence-corrected chi connectivity index (χ0v) is 15.7. The van der Waals surface area contributed by atoms with Gasteiger partial charge in [0.2, 0.25) is 0 Å². The summed E-state index contributed by atoms with van der Waals surface area (Å²) in [7, 11) is 0. The number of ketones is 2. The fourth-order valence-electron chi connectivity index (χ4n) is 2.65. The third kappa shape index (κ3) is 4.94. The van der Waals surface area contributed by atoms with E-state index in [1.165, 1.54) is 54.6 Å². The third-order valence-electron chi connectivity index (χ3n) is 4.28. The lowest BCUT2D eigenvalue weighted by Crippen LogP contribution is -1.99. The maximum atomic E-state index is 12.4. The van der Waals surface area contributed by atoms with Gasteiger partial charge in [-0.2, -0.15) is 0 Å². The zero-order chi connectivity index (χ0) is 21.7. The Bertz CT molecular complexity index is 1090. The quantitative estimate of drug-likeness (QED) is 0.278. The molecule has 0 bridgehead atoms. The molecule has 0 aliphatic rings. The minimum absolute atomic E-state index is 0.250. The Hall–Kier alpha value is -4.32. The van der Waals surface area contributed by atoms with Gasteiger partial charge >= 0.3 is 0 Å². The fourth-order valence-corrected chi connectivity index (χ4v) is 2.65. The van der Waals surface area contributed by atoms with Gasteiger partial charge in [-0.25, -0.2) is 0 Å². The molecule has 0 spiro atoms. The molecule has 3 aromatic carbocycles. The monoisotopic (exact) mass is 402 g/mol. The van der Waals surface area contributed by atoms with E-state index in [4.69, 9.17) is 0 Å². The van der Waals surface area contributed by atoms with E-state index in [0.29, 0.717) is 22.3 Å². The highest BCUT2D eigenvalue weighted by molar-refractivity contribution is 6.11. The average Bonchev–Trinajstić information content (AvgIpc) is 2.75. The average molecular weight is 402 g/mol. The summed E-state index contributed by atoms with van der Waals surface area (Å²) in [6.07, 6.45) is 5.61. The number of aromatic hydroxyl groups is 4. The molecule has 0 atom stereocenters.